The minimum Gasteiger partial charge on any atom is -0.386 e. The minimum absolute atomic E-state index is 0.152. The first-order valence-electron chi connectivity index (χ1n) is 6.45. The van der Waals surface area contributed by atoms with Crippen molar-refractivity contribution in [3.05, 3.63) is 18.0 Å². The van der Waals surface area contributed by atoms with E-state index in [0.717, 1.165) is 37.3 Å². The predicted molar refractivity (Wildman–Crippen MR) is 67.3 cm³/mol. The van der Waals surface area contributed by atoms with Crippen LogP contribution in [0.25, 0.3) is 0 Å². The molecule has 96 valence electrons. The van der Waals surface area contributed by atoms with Gasteiger partial charge in [0.1, 0.15) is 6.10 Å². The number of nitrogens with two attached hydrogens (primary N) is 1. The molecule has 1 aliphatic carbocycles. The van der Waals surface area contributed by atoms with Crippen LogP contribution in [-0.4, -0.2) is 21.4 Å². The summed E-state index contributed by atoms with van der Waals surface area (Å²) in [4.78, 5) is 0. The SMILES string of the molecule is CC1CCC(CN)(C(O)c2ccnn2C)CC1. The maximum atomic E-state index is 10.6. The Hall–Kier alpha value is -0.870. The maximum Gasteiger partial charge on any atom is 0.102 e. The molecule has 0 radical (unpaired) electrons. The van der Waals surface area contributed by atoms with E-state index >= 15 is 0 Å². The lowest BCUT2D eigenvalue weighted by molar-refractivity contribution is -0.0130. The first kappa shape index (κ1) is 12.6. The Morgan fingerprint density at radius 3 is 2.71 bits per heavy atom. The van der Waals surface area contributed by atoms with Gasteiger partial charge in [-0.15, -0.1) is 0 Å². The molecule has 1 unspecified atom stereocenters. The van der Waals surface area contributed by atoms with E-state index in [4.69, 9.17) is 5.73 Å². The van der Waals surface area contributed by atoms with E-state index in [1.54, 1.807) is 10.9 Å². The highest BCUT2D eigenvalue weighted by molar-refractivity contribution is 5.10. The minimum atomic E-state index is -0.493. The van der Waals surface area contributed by atoms with E-state index in [9.17, 15) is 5.11 Å². The summed E-state index contributed by atoms with van der Waals surface area (Å²) < 4.78 is 1.75. The molecular formula is C13H23N3O. The molecule has 4 nitrogen and oxygen atoms in total. The second-order valence-corrected chi connectivity index (χ2v) is 5.53. The van der Waals surface area contributed by atoms with Gasteiger partial charge in [-0.1, -0.05) is 19.8 Å². The van der Waals surface area contributed by atoms with Crippen LogP contribution in [0.5, 0.6) is 0 Å². The van der Waals surface area contributed by atoms with E-state index in [1.807, 2.05) is 13.1 Å². The lowest BCUT2D eigenvalue weighted by Crippen LogP contribution is -2.40. The molecule has 0 saturated heterocycles. The van der Waals surface area contributed by atoms with Crippen LogP contribution in [-0.2, 0) is 7.05 Å². The van der Waals surface area contributed by atoms with Crippen molar-refractivity contribution in [1.82, 2.24) is 9.78 Å². The lowest BCUT2D eigenvalue weighted by atomic mass is 9.67. The first-order chi connectivity index (χ1) is 8.09. The second-order valence-electron chi connectivity index (χ2n) is 5.53. The molecule has 4 heteroatoms. The number of rotatable bonds is 3. The van der Waals surface area contributed by atoms with Gasteiger partial charge in [0.15, 0.2) is 0 Å². The molecule has 0 bridgehead atoms. The highest BCUT2D eigenvalue weighted by atomic mass is 16.3. The maximum absolute atomic E-state index is 10.6. The topological polar surface area (TPSA) is 64.1 Å². The van der Waals surface area contributed by atoms with Gasteiger partial charge in [-0.05, 0) is 24.8 Å². The standard InChI is InChI=1S/C13H23N3O/c1-10-3-6-13(9-14,7-4-10)12(17)11-5-8-15-16(11)2/h5,8,10,12,17H,3-4,6-7,9,14H2,1-2H3. The molecule has 0 aromatic carbocycles. The molecule has 3 N–H and O–H groups in total. The lowest BCUT2D eigenvalue weighted by Gasteiger charge is -2.42. The summed E-state index contributed by atoms with van der Waals surface area (Å²) in [5.74, 6) is 0.758. The van der Waals surface area contributed by atoms with Crippen LogP contribution < -0.4 is 5.73 Å². The molecule has 1 fully saturated rings. The fraction of sp³-hybridized carbons (Fsp3) is 0.769. The van der Waals surface area contributed by atoms with Crippen molar-refractivity contribution in [2.24, 2.45) is 24.1 Å². The number of hydrogen-bond acceptors (Lipinski definition) is 3. The first-order valence-corrected chi connectivity index (χ1v) is 6.45. The Kier molecular flexibility index (Phi) is 3.54. The number of nitrogens with zero attached hydrogens (tertiary/aromatic N) is 2. The van der Waals surface area contributed by atoms with Crippen LogP contribution in [0.15, 0.2) is 12.3 Å². The Morgan fingerprint density at radius 2 is 2.24 bits per heavy atom. The van der Waals surface area contributed by atoms with Crippen molar-refractivity contribution in [3.63, 3.8) is 0 Å². The van der Waals surface area contributed by atoms with Crippen LogP contribution in [0, 0.1) is 11.3 Å². The third-order valence-corrected chi connectivity index (χ3v) is 4.40. The van der Waals surface area contributed by atoms with Crippen LogP contribution in [0.4, 0.5) is 0 Å². The van der Waals surface area contributed by atoms with Gasteiger partial charge in [0.2, 0.25) is 0 Å². The van der Waals surface area contributed by atoms with Gasteiger partial charge in [-0.2, -0.15) is 5.10 Å². The molecule has 2 rings (SSSR count). The Labute approximate surface area is 103 Å². The van der Waals surface area contributed by atoms with Crippen LogP contribution in [0.1, 0.15) is 44.4 Å². The second kappa shape index (κ2) is 4.78. The summed E-state index contributed by atoms with van der Waals surface area (Å²) in [6, 6.07) is 1.89. The molecule has 1 saturated carbocycles. The molecule has 1 aromatic rings. The van der Waals surface area contributed by atoms with Crippen LogP contribution in [0.2, 0.25) is 0 Å². The third-order valence-electron chi connectivity index (χ3n) is 4.40. The molecule has 1 aromatic heterocycles. The van der Waals surface area contributed by atoms with Crippen molar-refractivity contribution in [2.75, 3.05) is 6.54 Å². The Bertz CT molecular complexity index is 366. The fourth-order valence-corrected chi connectivity index (χ4v) is 2.89. The third kappa shape index (κ3) is 2.24. The van der Waals surface area contributed by atoms with E-state index in [2.05, 4.69) is 12.0 Å². The van der Waals surface area contributed by atoms with Crippen molar-refractivity contribution in [3.8, 4) is 0 Å². The Morgan fingerprint density at radius 1 is 1.59 bits per heavy atom. The van der Waals surface area contributed by atoms with Gasteiger partial charge in [-0.3, -0.25) is 4.68 Å². The summed E-state index contributed by atoms with van der Waals surface area (Å²) in [6.07, 6.45) is 5.58. The van der Waals surface area contributed by atoms with Gasteiger partial charge in [-0.25, -0.2) is 0 Å². The zero-order valence-corrected chi connectivity index (χ0v) is 10.8. The van der Waals surface area contributed by atoms with Crippen molar-refractivity contribution >= 4 is 0 Å². The van der Waals surface area contributed by atoms with E-state index < -0.39 is 6.10 Å². The molecule has 17 heavy (non-hydrogen) atoms. The predicted octanol–water partition coefficient (Wildman–Crippen LogP) is 1.61. The van der Waals surface area contributed by atoms with Gasteiger partial charge < -0.3 is 10.8 Å². The highest BCUT2D eigenvalue weighted by Gasteiger charge is 2.41. The van der Waals surface area contributed by atoms with Crippen molar-refractivity contribution in [2.45, 2.75) is 38.7 Å². The summed E-state index contributed by atoms with van der Waals surface area (Å²) in [7, 11) is 1.87. The molecule has 1 atom stereocenters. The summed E-state index contributed by atoms with van der Waals surface area (Å²) in [5.41, 5.74) is 6.68. The summed E-state index contributed by atoms with van der Waals surface area (Å²) >= 11 is 0. The van der Waals surface area contributed by atoms with Crippen LogP contribution >= 0.6 is 0 Å². The summed E-state index contributed by atoms with van der Waals surface area (Å²) in [5, 5.41) is 14.7. The normalized spacial score (nSPS) is 31.4. The van der Waals surface area contributed by atoms with Crippen molar-refractivity contribution < 1.29 is 5.11 Å². The highest BCUT2D eigenvalue weighted by Crippen LogP contribution is 2.46. The molecule has 0 spiro atoms. The molecule has 0 aliphatic heterocycles. The molecule has 1 heterocycles. The quantitative estimate of drug-likeness (QED) is 0.839. The Balaban J connectivity index is 2.21. The van der Waals surface area contributed by atoms with Gasteiger partial charge in [0.25, 0.3) is 0 Å². The summed E-state index contributed by atoms with van der Waals surface area (Å²) in [6.45, 7) is 2.82. The van der Waals surface area contributed by atoms with Gasteiger partial charge in [0, 0.05) is 25.2 Å². The van der Waals surface area contributed by atoms with E-state index in [-0.39, 0.29) is 5.41 Å². The van der Waals surface area contributed by atoms with E-state index in [0.29, 0.717) is 6.54 Å². The van der Waals surface area contributed by atoms with Gasteiger partial charge >= 0.3 is 0 Å². The zero-order valence-electron chi connectivity index (χ0n) is 10.8. The molecule has 0 amide bonds. The number of aryl methyl sites for hydroxylation is 1. The zero-order chi connectivity index (χ0) is 12.5. The van der Waals surface area contributed by atoms with Crippen LogP contribution in [0.3, 0.4) is 0 Å². The monoisotopic (exact) mass is 237 g/mol. The average Bonchev–Trinajstić information content (AvgIpc) is 2.76. The largest absolute Gasteiger partial charge is 0.386 e. The fourth-order valence-electron chi connectivity index (χ4n) is 2.89. The smallest absolute Gasteiger partial charge is 0.102 e. The van der Waals surface area contributed by atoms with E-state index in [1.165, 1.54) is 0 Å². The number of aliphatic hydroxyl groups excluding tert-OH is 1. The van der Waals surface area contributed by atoms with Gasteiger partial charge in [0.05, 0.1) is 5.69 Å². The number of aliphatic hydroxyl groups is 1. The van der Waals surface area contributed by atoms with Crippen molar-refractivity contribution in [1.29, 1.82) is 0 Å². The average molecular weight is 237 g/mol. The number of aromatic nitrogens is 2. The molecular weight excluding hydrogens is 214 g/mol. The number of hydrogen-bond donors (Lipinski definition) is 2. The molecule has 1 aliphatic rings.